The molecule has 0 aromatic carbocycles. The average Bonchev–Trinajstić information content (AvgIpc) is 1.59. The van der Waals surface area contributed by atoms with Crippen molar-refractivity contribution in [2.24, 2.45) is 0 Å². The van der Waals surface area contributed by atoms with E-state index < -0.39 is 22.5 Å². The Kier molecular flexibility index (Phi) is 14.1. The topological polar surface area (TPSA) is 80.3 Å². The summed E-state index contributed by atoms with van der Waals surface area (Å²) in [5.41, 5.74) is 0. The molecule has 0 saturated heterocycles. The third-order valence-corrected chi connectivity index (χ3v) is 1.33. The summed E-state index contributed by atoms with van der Waals surface area (Å²) in [5.74, 6) is -0.531. The van der Waals surface area contributed by atoms with E-state index in [0.29, 0.717) is 0 Å². The minimum Gasteiger partial charge on any atom is -0.854 e. The van der Waals surface area contributed by atoms with Crippen molar-refractivity contribution in [3.63, 3.8) is 0 Å². The number of rotatable bonds is 3. The summed E-state index contributed by atoms with van der Waals surface area (Å²) in [6, 6.07) is 0. The molecule has 0 rings (SSSR count). The summed E-state index contributed by atoms with van der Waals surface area (Å²) in [4.78, 5) is 0. The molecule has 0 aliphatic heterocycles. The van der Waals surface area contributed by atoms with Gasteiger partial charge >= 0.3 is 37.7 Å². The van der Waals surface area contributed by atoms with Crippen molar-refractivity contribution in [3.05, 3.63) is 0 Å². The summed E-state index contributed by atoms with van der Waals surface area (Å²) in [6.07, 6.45) is -0.0775. The first-order chi connectivity index (χ1) is 3.56. The Bertz CT molecular complexity index is 143. The molecule has 10 heavy (non-hydrogen) atoms. The van der Waals surface area contributed by atoms with E-state index in [-0.39, 0.29) is 44.1 Å². The van der Waals surface area contributed by atoms with Crippen LogP contribution in [0.2, 0.25) is 0 Å². The second kappa shape index (κ2) is 8.16. The fourth-order valence-corrected chi connectivity index (χ4v) is 0.707. The second-order valence-corrected chi connectivity index (χ2v) is 2.84. The predicted molar refractivity (Wildman–Crippen MR) is 24.0 cm³/mol. The van der Waals surface area contributed by atoms with Crippen molar-refractivity contribution in [2.75, 3.05) is 12.4 Å². The van der Waals surface area contributed by atoms with Gasteiger partial charge in [-0.25, -0.2) is 8.42 Å². The Hall–Kier alpha value is 1.06. The van der Waals surface area contributed by atoms with Gasteiger partial charge in [0.1, 0.15) is 0 Å². The fraction of sp³-hybridized carbons (Fsp3) is 1.00. The molecular formula is C3H6Li2O4S. The Morgan fingerprint density at radius 3 is 1.70 bits per heavy atom. The van der Waals surface area contributed by atoms with Crippen LogP contribution >= 0.6 is 0 Å². The first-order valence-corrected chi connectivity index (χ1v) is 3.65. The maximum Gasteiger partial charge on any atom is 1.00 e. The maximum absolute atomic E-state index is 9.70. The van der Waals surface area contributed by atoms with Gasteiger partial charge in [0.05, 0.1) is 10.1 Å². The zero-order valence-electron chi connectivity index (χ0n) is 6.16. The van der Waals surface area contributed by atoms with Crippen molar-refractivity contribution in [2.45, 2.75) is 6.42 Å². The largest absolute Gasteiger partial charge is 1.00 e. The Balaban J connectivity index is -0.000000245. The molecule has 0 bridgehead atoms. The standard InChI is InChI=1S/C3H7O4S.2Li/c4-2-1-3-8(5,6)7;;/h1-3H2,(H,5,6,7);;/q-1;2*+1/p-1. The van der Waals surface area contributed by atoms with Gasteiger partial charge in [0.15, 0.2) is 0 Å². The minimum atomic E-state index is -4.14. The first-order valence-electron chi connectivity index (χ1n) is 2.08. The van der Waals surface area contributed by atoms with Gasteiger partial charge in [-0.3, -0.25) is 0 Å². The Morgan fingerprint density at radius 1 is 1.20 bits per heavy atom. The Labute approximate surface area is 84.5 Å². The zero-order chi connectivity index (χ0) is 6.62. The van der Waals surface area contributed by atoms with E-state index in [4.69, 9.17) is 0 Å². The summed E-state index contributed by atoms with van der Waals surface area (Å²) >= 11 is 0. The molecule has 7 heteroatoms. The van der Waals surface area contributed by atoms with Crippen LogP contribution in [0.15, 0.2) is 0 Å². The van der Waals surface area contributed by atoms with Crippen LogP contribution in [-0.4, -0.2) is 25.3 Å². The van der Waals surface area contributed by atoms with Gasteiger partial charge in [0.2, 0.25) is 0 Å². The molecule has 0 aromatic rings. The van der Waals surface area contributed by atoms with Gasteiger partial charge in [0.25, 0.3) is 0 Å². The third-order valence-electron chi connectivity index (χ3n) is 0.539. The van der Waals surface area contributed by atoms with Crippen molar-refractivity contribution >= 4 is 10.1 Å². The van der Waals surface area contributed by atoms with Gasteiger partial charge in [0, 0.05) is 5.75 Å². The maximum atomic E-state index is 9.70. The normalized spacial score (nSPS) is 9.40. The van der Waals surface area contributed by atoms with Crippen LogP contribution < -0.4 is 42.8 Å². The summed E-state index contributed by atoms with van der Waals surface area (Å²) in [6.45, 7) is -0.499. The van der Waals surface area contributed by atoms with Gasteiger partial charge in [-0.2, -0.15) is 0 Å². The molecule has 50 valence electrons. The molecule has 0 heterocycles. The quantitative estimate of drug-likeness (QED) is 0.297. The molecule has 0 aliphatic carbocycles. The molecule has 0 fully saturated rings. The molecule has 0 N–H and O–H groups in total. The van der Waals surface area contributed by atoms with Gasteiger partial charge in [-0.05, 0) is 0 Å². The number of hydrogen-bond donors (Lipinski definition) is 0. The summed E-state index contributed by atoms with van der Waals surface area (Å²) in [7, 11) is -4.14. The van der Waals surface area contributed by atoms with E-state index in [1.807, 2.05) is 0 Å². The molecule has 0 aromatic heterocycles. The van der Waals surface area contributed by atoms with Crippen LogP contribution in [0.5, 0.6) is 0 Å². The van der Waals surface area contributed by atoms with Crippen LogP contribution in [0.1, 0.15) is 6.42 Å². The van der Waals surface area contributed by atoms with E-state index in [9.17, 15) is 18.1 Å². The van der Waals surface area contributed by atoms with E-state index in [1.54, 1.807) is 0 Å². The van der Waals surface area contributed by atoms with E-state index in [1.165, 1.54) is 0 Å². The van der Waals surface area contributed by atoms with E-state index in [2.05, 4.69) is 0 Å². The molecule has 0 unspecified atom stereocenters. The van der Waals surface area contributed by atoms with Crippen LogP contribution in [0.25, 0.3) is 0 Å². The summed E-state index contributed by atoms with van der Waals surface area (Å²) < 4.78 is 29.1. The van der Waals surface area contributed by atoms with Crippen LogP contribution in [0.3, 0.4) is 0 Å². The van der Waals surface area contributed by atoms with Crippen LogP contribution in [0.4, 0.5) is 0 Å². The van der Waals surface area contributed by atoms with Crippen molar-refractivity contribution in [1.29, 1.82) is 0 Å². The molecule has 0 amide bonds. The van der Waals surface area contributed by atoms with Gasteiger partial charge in [-0.1, -0.05) is 6.42 Å². The molecular weight excluding hydrogens is 146 g/mol. The molecule has 0 spiro atoms. The second-order valence-electron chi connectivity index (χ2n) is 1.32. The minimum absolute atomic E-state index is 0. The number of hydrogen-bond acceptors (Lipinski definition) is 4. The van der Waals surface area contributed by atoms with Gasteiger partial charge < -0.3 is 9.66 Å². The molecule has 0 aliphatic rings. The van der Waals surface area contributed by atoms with E-state index in [0.717, 1.165) is 0 Å². The molecule has 4 nitrogen and oxygen atoms in total. The summed E-state index contributed by atoms with van der Waals surface area (Å²) in [5, 5.41) is 9.57. The zero-order valence-corrected chi connectivity index (χ0v) is 6.98. The molecule has 0 atom stereocenters. The van der Waals surface area contributed by atoms with Gasteiger partial charge in [-0.15, -0.1) is 6.61 Å². The van der Waals surface area contributed by atoms with Crippen molar-refractivity contribution < 1.29 is 55.8 Å². The van der Waals surface area contributed by atoms with Crippen molar-refractivity contribution in [3.8, 4) is 0 Å². The third kappa shape index (κ3) is 16.0. The first kappa shape index (κ1) is 17.2. The monoisotopic (exact) mass is 152 g/mol. The average molecular weight is 152 g/mol. The molecule has 0 radical (unpaired) electrons. The smallest absolute Gasteiger partial charge is 0.854 e. The van der Waals surface area contributed by atoms with Crippen LogP contribution in [0, 0.1) is 0 Å². The fourth-order valence-electron chi connectivity index (χ4n) is 0.236. The Morgan fingerprint density at radius 2 is 1.60 bits per heavy atom. The molecule has 0 saturated carbocycles. The predicted octanol–water partition coefficient (Wildman–Crippen LogP) is -7.71. The van der Waals surface area contributed by atoms with Crippen molar-refractivity contribution in [1.82, 2.24) is 0 Å². The SMILES string of the molecule is O=S(=O)([O-])CCC[O-].[Li+].[Li+]. The van der Waals surface area contributed by atoms with E-state index >= 15 is 0 Å². The van der Waals surface area contributed by atoms with Crippen LogP contribution in [-0.2, 0) is 10.1 Å².